The highest BCUT2D eigenvalue weighted by Gasteiger charge is 2.06. The number of hydrogen-bond donors (Lipinski definition) is 1. The van der Waals surface area contributed by atoms with E-state index in [-0.39, 0.29) is 0 Å². The second-order valence-electron chi connectivity index (χ2n) is 3.93. The fraction of sp³-hybridized carbons (Fsp3) is 0.500. The number of sulfone groups is 1. The van der Waals surface area contributed by atoms with Crippen molar-refractivity contribution in [3.05, 3.63) is 24.3 Å². The molecule has 0 aliphatic rings. The molecule has 1 aromatic carbocycles. The predicted octanol–water partition coefficient (Wildman–Crippen LogP) is 2.65. The average molecular weight is 273 g/mol. The number of thioether (sulfide) groups is 1. The first-order chi connectivity index (χ1) is 8.04. The fourth-order valence-corrected chi connectivity index (χ4v) is 2.60. The number of hydrogen-bond acceptors (Lipinski definition) is 4. The van der Waals surface area contributed by atoms with Crippen LogP contribution in [0.3, 0.4) is 0 Å². The Morgan fingerprint density at radius 1 is 1.29 bits per heavy atom. The summed E-state index contributed by atoms with van der Waals surface area (Å²) in [6.07, 6.45) is 5.61. The molecule has 0 atom stereocenters. The van der Waals surface area contributed by atoms with Crippen molar-refractivity contribution in [3.8, 4) is 0 Å². The zero-order valence-corrected chi connectivity index (χ0v) is 11.9. The summed E-state index contributed by atoms with van der Waals surface area (Å²) < 4.78 is 22.7. The zero-order chi connectivity index (χ0) is 12.7. The average Bonchev–Trinajstić information content (AvgIpc) is 2.28. The molecule has 0 aromatic heterocycles. The van der Waals surface area contributed by atoms with Gasteiger partial charge in [0, 0.05) is 18.5 Å². The van der Waals surface area contributed by atoms with Crippen molar-refractivity contribution in [2.75, 3.05) is 30.1 Å². The Morgan fingerprint density at radius 3 is 2.71 bits per heavy atom. The van der Waals surface area contributed by atoms with Crippen LogP contribution < -0.4 is 5.32 Å². The second kappa shape index (κ2) is 6.91. The molecule has 0 spiro atoms. The van der Waals surface area contributed by atoms with Crippen LogP contribution in [0.15, 0.2) is 29.2 Å². The van der Waals surface area contributed by atoms with Crippen molar-refractivity contribution < 1.29 is 8.42 Å². The number of nitrogens with one attached hydrogen (secondary N) is 1. The molecule has 0 saturated carbocycles. The summed E-state index contributed by atoms with van der Waals surface area (Å²) in [5.41, 5.74) is 0.872. The molecule has 1 rings (SSSR count). The van der Waals surface area contributed by atoms with Crippen LogP contribution in [0, 0.1) is 0 Å². The molecule has 0 heterocycles. The Kier molecular flexibility index (Phi) is 5.85. The highest BCUT2D eigenvalue weighted by molar-refractivity contribution is 7.98. The van der Waals surface area contributed by atoms with E-state index in [2.05, 4.69) is 11.6 Å². The number of anilines is 1. The van der Waals surface area contributed by atoms with E-state index in [4.69, 9.17) is 0 Å². The first kappa shape index (κ1) is 14.4. The molecule has 3 nitrogen and oxygen atoms in total. The first-order valence-corrected chi connectivity index (χ1v) is 8.85. The van der Waals surface area contributed by atoms with Gasteiger partial charge < -0.3 is 5.32 Å². The van der Waals surface area contributed by atoms with Gasteiger partial charge in [0.05, 0.1) is 4.90 Å². The van der Waals surface area contributed by atoms with Crippen LogP contribution in [0.1, 0.15) is 12.8 Å². The molecule has 0 saturated heterocycles. The van der Waals surface area contributed by atoms with Crippen LogP contribution in [-0.2, 0) is 9.84 Å². The summed E-state index contributed by atoms with van der Waals surface area (Å²) in [7, 11) is -3.11. The highest BCUT2D eigenvalue weighted by Crippen LogP contribution is 2.15. The normalized spacial score (nSPS) is 11.4. The van der Waals surface area contributed by atoms with Gasteiger partial charge in [0.25, 0.3) is 0 Å². The lowest BCUT2D eigenvalue weighted by Gasteiger charge is -2.07. The van der Waals surface area contributed by atoms with Gasteiger partial charge >= 0.3 is 0 Å². The van der Waals surface area contributed by atoms with E-state index in [0.29, 0.717) is 4.90 Å². The molecule has 0 aliphatic carbocycles. The minimum absolute atomic E-state index is 0.367. The lowest BCUT2D eigenvalue weighted by molar-refractivity contribution is 0.602. The van der Waals surface area contributed by atoms with Crippen LogP contribution in [0.25, 0.3) is 0 Å². The topological polar surface area (TPSA) is 46.2 Å². The maximum Gasteiger partial charge on any atom is 0.175 e. The summed E-state index contributed by atoms with van der Waals surface area (Å²) in [4.78, 5) is 0.367. The van der Waals surface area contributed by atoms with Crippen LogP contribution in [-0.4, -0.2) is 33.2 Å². The molecule has 1 N–H and O–H groups in total. The fourth-order valence-electron chi connectivity index (χ4n) is 1.44. The summed E-state index contributed by atoms with van der Waals surface area (Å²) in [5, 5.41) is 3.24. The van der Waals surface area contributed by atoms with E-state index in [9.17, 15) is 8.42 Å². The number of rotatable bonds is 7. The van der Waals surface area contributed by atoms with E-state index in [1.165, 1.54) is 18.4 Å². The Balaban J connectivity index is 2.49. The largest absolute Gasteiger partial charge is 0.385 e. The predicted molar refractivity (Wildman–Crippen MR) is 75.7 cm³/mol. The molecule has 0 unspecified atom stereocenters. The van der Waals surface area contributed by atoms with Gasteiger partial charge in [0.15, 0.2) is 9.84 Å². The van der Waals surface area contributed by atoms with Crippen molar-refractivity contribution in [2.24, 2.45) is 0 Å². The van der Waals surface area contributed by atoms with Crippen LogP contribution in [0.4, 0.5) is 5.69 Å². The summed E-state index contributed by atoms with van der Waals surface area (Å²) in [5.74, 6) is 1.17. The van der Waals surface area contributed by atoms with Gasteiger partial charge in [-0.15, -0.1) is 0 Å². The molecule has 0 fully saturated rings. The minimum Gasteiger partial charge on any atom is -0.385 e. The highest BCUT2D eigenvalue weighted by atomic mass is 32.2. The summed E-state index contributed by atoms with van der Waals surface area (Å²) >= 11 is 1.85. The van der Waals surface area contributed by atoms with Gasteiger partial charge in [0.2, 0.25) is 0 Å². The van der Waals surface area contributed by atoms with Gasteiger partial charge in [-0.2, -0.15) is 11.8 Å². The molecular formula is C12H19NO2S2. The van der Waals surface area contributed by atoms with Crippen molar-refractivity contribution in [1.82, 2.24) is 0 Å². The molecule has 17 heavy (non-hydrogen) atoms. The maximum atomic E-state index is 11.4. The lowest BCUT2D eigenvalue weighted by atomic mass is 10.3. The molecular weight excluding hydrogens is 254 g/mol. The van der Waals surface area contributed by atoms with Crippen molar-refractivity contribution in [2.45, 2.75) is 17.7 Å². The zero-order valence-electron chi connectivity index (χ0n) is 10.3. The van der Waals surface area contributed by atoms with Crippen molar-refractivity contribution >= 4 is 27.3 Å². The summed E-state index contributed by atoms with van der Waals surface area (Å²) in [6, 6.07) is 6.96. The minimum atomic E-state index is -3.11. The standard InChI is InChI=1S/C12H19NO2S2/c1-16-9-4-3-8-13-11-6-5-7-12(10-11)17(2,14)15/h5-7,10,13H,3-4,8-9H2,1-2H3. The van der Waals surface area contributed by atoms with Crippen molar-refractivity contribution in [3.63, 3.8) is 0 Å². The third-order valence-corrected chi connectivity index (χ3v) is 4.17. The van der Waals surface area contributed by atoms with E-state index < -0.39 is 9.84 Å². The van der Waals surface area contributed by atoms with Crippen LogP contribution >= 0.6 is 11.8 Å². The van der Waals surface area contributed by atoms with E-state index in [0.717, 1.165) is 18.7 Å². The number of unbranched alkanes of at least 4 members (excludes halogenated alkanes) is 1. The Morgan fingerprint density at radius 2 is 2.06 bits per heavy atom. The smallest absolute Gasteiger partial charge is 0.175 e. The maximum absolute atomic E-state index is 11.4. The van der Waals surface area contributed by atoms with Gasteiger partial charge in [-0.1, -0.05) is 6.07 Å². The Labute approximate surface area is 108 Å². The second-order valence-corrected chi connectivity index (χ2v) is 6.93. The third kappa shape index (κ3) is 5.46. The van der Waals surface area contributed by atoms with Gasteiger partial charge in [-0.3, -0.25) is 0 Å². The molecule has 0 bridgehead atoms. The first-order valence-electron chi connectivity index (χ1n) is 5.57. The van der Waals surface area contributed by atoms with E-state index >= 15 is 0 Å². The quantitative estimate of drug-likeness (QED) is 0.776. The molecule has 5 heteroatoms. The molecule has 1 aromatic rings. The lowest BCUT2D eigenvalue weighted by Crippen LogP contribution is -2.03. The Bertz CT molecular complexity index is 444. The third-order valence-electron chi connectivity index (χ3n) is 2.37. The van der Waals surface area contributed by atoms with Gasteiger partial charge in [-0.05, 0) is 43.0 Å². The van der Waals surface area contributed by atoms with E-state index in [1.54, 1.807) is 18.2 Å². The van der Waals surface area contributed by atoms with Crippen molar-refractivity contribution in [1.29, 1.82) is 0 Å². The molecule has 0 aliphatic heterocycles. The summed E-state index contributed by atoms with van der Waals surface area (Å²) in [6.45, 7) is 0.883. The molecule has 0 amide bonds. The van der Waals surface area contributed by atoms with Crippen LogP contribution in [0.5, 0.6) is 0 Å². The number of benzene rings is 1. The molecule has 96 valence electrons. The SMILES string of the molecule is CSCCCCNc1cccc(S(C)(=O)=O)c1. The van der Waals surface area contributed by atoms with Gasteiger partial charge in [0.1, 0.15) is 0 Å². The van der Waals surface area contributed by atoms with Gasteiger partial charge in [-0.25, -0.2) is 8.42 Å². The monoisotopic (exact) mass is 273 g/mol. The van der Waals surface area contributed by atoms with E-state index in [1.807, 2.05) is 17.8 Å². The Hall–Kier alpha value is -0.680. The van der Waals surface area contributed by atoms with Crippen LogP contribution in [0.2, 0.25) is 0 Å². The molecule has 0 radical (unpaired) electrons.